The Balaban J connectivity index is 2.33. The zero-order valence-corrected chi connectivity index (χ0v) is 19.5. The molecule has 1 aliphatic rings. The summed E-state index contributed by atoms with van der Waals surface area (Å²) >= 11 is 0. The van der Waals surface area contributed by atoms with Crippen molar-refractivity contribution in [3.63, 3.8) is 0 Å². The van der Waals surface area contributed by atoms with Gasteiger partial charge in [-0.25, -0.2) is 0 Å². The van der Waals surface area contributed by atoms with Gasteiger partial charge in [-0.05, 0) is 43.9 Å². The topological polar surface area (TPSA) is 62.0 Å². The van der Waals surface area contributed by atoms with Gasteiger partial charge in [-0.2, -0.15) is 15.2 Å². The summed E-state index contributed by atoms with van der Waals surface area (Å²) in [7, 11) is 0. The van der Waals surface area contributed by atoms with Crippen LogP contribution in [0.3, 0.4) is 0 Å². The van der Waals surface area contributed by atoms with Crippen molar-refractivity contribution in [1.82, 2.24) is 9.97 Å². The monoisotopic (exact) mass is 412 g/mol. The number of fused-ring (bicyclic) bond motifs is 1. The zero-order chi connectivity index (χ0) is 21.9. The van der Waals surface area contributed by atoms with Crippen molar-refractivity contribution in [2.45, 2.75) is 85.5 Å². The van der Waals surface area contributed by atoms with Crippen LogP contribution in [0, 0.1) is 23.2 Å². The highest BCUT2D eigenvalue weighted by Gasteiger charge is 2.23. The lowest BCUT2D eigenvalue weighted by atomic mass is 10.1. The van der Waals surface area contributed by atoms with E-state index in [-0.39, 0.29) is 0 Å². The van der Waals surface area contributed by atoms with Gasteiger partial charge in [0.05, 0.1) is 18.4 Å². The van der Waals surface area contributed by atoms with Gasteiger partial charge in [-0.15, -0.1) is 0 Å². The van der Waals surface area contributed by atoms with E-state index in [2.05, 4.69) is 45.2 Å². The van der Waals surface area contributed by atoms with Crippen LogP contribution in [0.4, 0.5) is 5.82 Å². The molecule has 0 amide bonds. The Bertz CT molecular complexity index is 725. The number of anilines is 1. The van der Waals surface area contributed by atoms with Gasteiger partial charge in [-0.1, -0.05) is 52.7 Å². The van der Waals surface area contributed by atoms with E-state index < -0.39 is 0 Å². The number of rotatable bonds is 12. The molecular weight excluding hydrogens is 372 g/mol. The molecule has 0 bridgehead atoms. The summed E-state index contributed by atoms with van der Waals surface area (Å²) in [4.78, 5) is 12.1. The first kappa shape index (κ1) is 24.2. The first-order valence-corrected chi connectivity index (χ1v) is 11.8. The van der Waals surface area contributed by atoms with E-state index >= 15 is 0 Å². The summed E-state index contributed by atoms with van der Waals surface area (Å²) in [6.45, 7) is 15.4. The molecule has 0 saturated heterocycles. The number of nitriles is 1. The molecule has 1 aromatic heterocycles. The summed E-state index contributed by atoms with van der Waals surface area (Å²) in [5.41, 5.74) is 3.56. The van der Waals surface area contributed by atoms with Gasteiger partial charge in [-0.3, -0.25) is 0 Å². The first-order chi connectivity index (χ1) is 14.5. The molecule has 0 radical (unpaired) electrons. The maximum absolute atomic E-state index is 9.11. The molecule has 1 aromatic rings. The SMILES string of the molecule is C=C1CCCc2c(nc(OC[C@@H](C)CCCC)nc2N(CCC)CC(C)CC#N)C1. The number of hydrogen-bond donors (Lipinski definition) is 0. The number of allylic oxidation sites excluding steroid dienone is 1. The molecule has 0 aliphatic heterocycles. The van der Waals surface area contributed by atoms with Gasteiger partial charge in [0, 0.05) is 31.5 Å². The quantitative estimate of drug-likeness (QED) is 0.317. The zero-order valence-electron chi connectivity index (χ0n) is 19.5. The van der Waals surface area contributed by atoms with Gasteiger partial charge >= 0.3 is 6.01 Å². The van der Waals surface area contributed by atoms with Crippen molar-refractivity contribution in [2.75, 3.05) is 24.6 Å². The maximum atomic E-state index is 9.11. The van der Waals surface area contributed by atoms with Crippen LogP contribution in [0.5, 0.6) is 6.01 Å². The summed E-state index contributed by atoms with van der Waals surface area (Å²) in [6, 6.07) is 2.81. The Morgan fingerprint density at radius 1 is 1.17 bits per heavy atom. The lowest BCUT2D eigenvalue weighted by Gasteiger charge is -2.28. The normalized spacial score (nSPS) is 15.6. The Kier molecular flexibility index (Phi) is 10.1. The Labute approximate surface area is 183 Å². The highest BCUT2D eigenvalue weighted by atomic mass is 16.5. The molecule has 1 unspecified atom stereocenters. The maximum Gasteiger partial charge on any atom is 0.318 e. The fraction of sp³-hybridized carbons (Fsp3) is 0.720. The summed E-state index contributed by atoms with van der Waals surface area (Å²) in [6.07, 6.45) is 9.10. The average molecular weight is 413 g/mol. The van der Waals surface area contributed by atoms with Crippen molar-refractivity contribution in [3.8, 4) is 12.1 Å². The molecule has 0 saturated carbocycles. The number of aromatic nitrogens is 2. The van der Waals surface area contributed by atoms with Crippen LogP contribution >= 0.6 is 0 Å². The molecule has 30 heavy (non-hydrogen) atoms. The van der Waals surface area contributed by atoms with E-state index in [9.17, 15) is 0 Å². The van der Waals surface area contributed by atoms with Crippen molar-refractivity contribution in [1.29, 1.82) is 5.26 Å². The van der Waals surface area contributed by atoms with Crippen molar-refractivity contribution < 1.29 is 4.74 Å². The van der Waals surface area contributed by atoms with Gasteiger partial charge in [0.25, 0.3) is 0 Å². The molecule has 1 aliphatic carbocycles. The van der Waals surface area contributed by atoms with Gasteiger partial charge < -0.3 is 9.64 Å². The molecule has 0 N–H and O–H groups in total. The third kappa shape index (κ3) is 7.31. The van der Waals surface area contributed by atoms with Crippen LogP contribution in [-0.2, 0) is 12.8 Å². The molecular formula is C25H40N4O. The Morgan fingerprint density at radius 2 is 1.97 bits per heavy atom. The first-order valence-electron chi connectivity index (χ1n) is 11.8. The molecule has 5 heteroatoms. The fourth-order valence-electron chi connectivity index (χ4n) is 4.07. The number of ether oxygens (including phenoxy) is 1. The lowest BCUT2D eigenvalue weighted by molar-refractivity contribution is 0.231. The molecule has 0 fully saturated rings. The molecule has 5 nitrogen and oxygen atoms in total. The predicted molar refractivity (Wildman–Crippen MR) is 124 cm³/mol. The fourth-order valence-corrected chi connectivity index (χ4v) is 4.07. The van der Waals surface area contributed by atoms with Crippen LogP contribution in [0.2, 0.25) is 0 Å². The van der Waals surface area contributed by atoms with Crippen molar-refractivity contribution in [2.24, 2.45) is 11.8 Å². The molecule has 0 spiro atoms. The van der Waals surface area contributed by atoms with Gasteiger partial charge in [0.15, 0.2) is 0 Å². The predicted octanol–water partition coefficient (Wildman–Crippen LogP) is 5.88. The average Bonchev–Trinajstić information content (AvgIpc) is 2.90. The lowest BCUT2D eigenvalue weighted by Crippen LogP contribution is -2.31. The minimum Gasteiger partial charge on any atom is -0.463 e. The number of unbranched alkanes of at least 4 members (excludes halogenated alkanes) is 1. The molecule has 166 valence electrons. The summed E-state index contributed by atoms with van der Waals surface area (Å²) in [5.74, 6) is 1.80. The van der Waals surface area contributed by atoms with Crippen LogP contribution in [0.15, 0.2) is 12.2 Å². The number of hydrogen-bond acceptors (Lipinski definition) is 5. The van der Waals surface area contributed by atoms with E-state index in [1.807, 2.05) is 0 Å². The second kappa shape index (κ2) is 12.6. The number of nitrogens with zero attached hydrogens (tertiary/aromatic N) is 4. The van der Waals surface area contributed by atoms with Crippen molar-refractivity contribution >= 4 is 5.82 Å². The molecule has 2 rings (SSSR count). The minimum atomic E-state index is 0.298. The van der Waals surface area contributed by atoms with E-state index in [1.54, 1.807) is 0 Å². The molecule has 0 aromatic carbocycles. The van der Waals surface area contributed by atoms with Crippen LogP contribution in [-0.4, -0.2) is 29.7 Å². The highest BCUT2D eigenvalue weighted by molar-refractivity contribution is 5.51. The molecule has 2 atom stereocenters. The van der Waals surface area contributed by atoms with Crippen LogP contribution in [0.25, 0.3) is 0 Å². The summed E-state index contributed by atoms with van der Waals surface area (Å²) in [5, 5.41) is 9.11. The van der Waals surface area contributed by atoms with Crippen molar-refractivity contribution in [3.05, 3.63) is 23.4 Å². The highest BCUT2D eigenvalue weighted by Crippen LogP contribution is 2.31. The second-order valence-corrected chi connectivity index (χ2v) is 9.01. The minimum absolute atomic E-state index is 0.298. The van der Waals surface area contributed by atoms with Crippen LogP contribution < -0.4 is 9.64 Å². The van der Waals surface area contributed by atoms with E-state index in [0.29, 0.717) is 30.9 Å². The summed E-state index contributed by atoms with van der Waals surface area (Å²) < 4.78 is 6.10. The third-order valence-corrected chi connectivity index (χ3v) is 5.74. The van der Waals surface area contributed by atoms with Crippen LogP contribution in [0.1, 0.15) is 83.9 Å². The largest absolute Gasteiger partial charge is 0.463 e. The third-order valence-electron chi connectivity index (χ3n) is 5.74. The van der Waals surface area contributed by atoms with Gasteiger partial charge in [0.2, 0.25) is 0 Å². The Morgan fingerprint density at radius 3 is 2.67 bits per heavy atom. The Hall–Kier alpha value is -2.09. The second-order valence-electron chi connectivity index (χ2n) is 9.01. The standard InChI is InChI=1S/C25H40N4O/c1-6-8-10-21(5)18-30-25-27-23-16-19(3)11-9-12-22(23)24(28-25)29(15-7-2)17-20(4)13-14-26/h20-21H,3,6-13,15-18H2,1-2,4-5H3/t20?,21-/m0/s1. The molecule has 1 heterocycles. The van der Waals surface area contributed by atoms with Gasteiger partial charge in [0.1, 0.15) is 5.82 Å². The smallest absolute Gasteiger partial charge is 0.318 e. The van der Waals surface area contributed by atoms with E-state index in [1.165, 1.54) is 30.4 Å². The van der Waals surface area contributed by atoms with E-state index in [4.69, 9.17) is 20.0 Å². The van der Waals surface area contributed by atoms with E-state index in [0.717, 1.165) is 56.7 Å².